The zero-order valence-electron chi connectivity index (χ0n) is 10.1. The van der Waals surface area contributed by atoms with Crippen LogP contribution in [0.15, 0.2) is 11.6 Å². The van der Waals surface area contributed by atoms with Gasteiger partial charge < -0.3 is 0 Å². The van der Waals surface area contributed by atoms with E-state index in [1.165, 1.54) is 25.7 Å². The Morgan fingerprint density at radius 3 is 2.31 bits per heavy atom. The van der Waals surface area contributed by atoms with E-state index >= 15 is 0 Å². The zero-order valence-corrected chi connectivity index (χ0v) is 10.1. The van der Waals surface area contributed by atoms with Crippen molar-refractivity contribution in [2.45, 2.75) is 60.3 Å². The molecule has 0 radical (unpaired) electrons. The Morgan fingerprint density at radius 2 is 1.85 bits per heavy atom. The lowest BCUT2D eigenvalue weighted by Crippen LogP contribution is -1.98. The molecule has 13 heavy (non-hydrogen) atoms. The molecule has 0 aromatic rings. The molecular weight excluding hydrogens is 156 g/mol. The molecule has 0 rings (SSSR count). The molecule has 0 fully saturated rings. The van der Waals surface area contributed by atoms with Crippen molar-refractivity contribution >= 4 is 0 Å². The van der Waals surface area contributed by atoms with E-state index in [9.17, 15) is 0 Å². The number of hydrogen-bond donors (Lipinski definition) is 0. The summed E-state index contributed by atoms with van der Waals surface area (Å²) in [5.74, 6) is 1.70. The minimum Gasteiger partial charge on any atom is -0.0885 e. The summed E-state index contributed by atoms with van der Waals surface area (Å²) in [6.07, 6.45) is 7.73. The number of hydrogen-bond acceptors (Lipinski definition) is 0. The van der Waals surface area contributed by atoms with Crippen LogP contribution in [-0.2, 0) is 0 Å². The molecule has 0 aliphatic heterocycles. The van der Waals surface area contributed by atoms with Crippen LogP contribution >= 0.6 is 0 Å². The topological polar surface area (TPSA) is 0 Å². The molecule has 0 saturated heterocycles. The highest BCUT2D eigenvalue weighted by Gasteiger charge is 2.04. The summed E-state index contributed by atoms with van der Waals surface area (Å²) in [5.41, 5.74) is 1.55. The molecule has 78 valence electrons. The molecule has 0 aromatic carbocycles. The predicted octanol–water partition coefficient (Wildman–Crippen LogP) is 4.81. The van der Waals surface area contributed by atoms with Gasteiger partial charge in [-0.2, -0.15) is 0 Å². The summed E-state index contributed by atoms with van der Waals surface area (Å²) in [4.78, 5) is 0. The van der Waals surface area contributed by atoms with Crippen LogP contribution in [0, 0.1) is 11.8 Å². The largest absolute Gasteiger partial charge is 0.0885 e. The lowest BCUT2D eigenvalue weighted by atomic mass is 9.93. The second kappa shape index (κ2) is 7.17. The molecule has 0 heterocycles. The van der Waals surface area contributed by atoms with E-state index in [0.29, 0.717) is 0 Å². The Labute approximate surface area is 84.4 Å². The average molecular weight is 182 g/mol. The smallest absolute Gasteiger partial charge is 0.0235 e. The maximum absolute atomic E-state index is 2.35. The van der Waals surface area contributed by atoms with Crippen LogP contribution in [0.3, 0.4) is 0 Å². The first-order valence-electron chi connectivity index (χ1n) is 5.74. The molecule has 0 nitrogen and oxygen atoms in total. The molecule has 0 saturated carbocycles. The van der Waals surface area contributed by atoms with Gasteiger partial charge in [0.2, 0.25) is 0 Å². The predicted molar refractivity (Wildman–Crippen MR) is 61.9 cm³/mol. The third-order valence-electron chi connectivity index (χ3n) is 3.26. The van der Waals surface area contributed by atoms with Gasteiger partial charge in [-0.25, -0.2) is 0 Å². The third-order valence-corrected chi connectivity index (χ3v) is 3.26. The van der Waals surface area contributed by atoms with Crippen molar-refractivity contribution in [3.63, 3.8) is 0 Å². The van der Waals surface area contributed by atoms with E-state index in [1.54, 1.807) is 5.57 Å². The fourth-order valence-electron chi connectivity index (χ4n) is 1.49. The normalized spacial score (nSPS) is 17.2. The molecule has 2 unspecified atom stereocenters. The van der Waals surface area contributed by atoms with Crippen LogP contribution in [0.2, 0.25) is 0 Å². The van der Waals surface area contributed by atoms with E-state index in [4.69, 9.17) is 0 Å². The first-order valence-corrected chi connectivity index (χ1v) is 5.74. The van der Waals surface area contributed by atoms with E-state index in [0.717, 1.165) is 11.8 Å². The van der Waals surface area contributed by atoms with Crippen LogP contribution in [0.5, 0.6) is 0 Å². The van der Waals surface area contributed by atoms with E-state index in [1.807, 2.05) is 0 Å². The summed E-state index contributed by atoms with van der Waals surface area (Å²) >= 11 is 0. The molecule has 0 bridgehead atoms. The Morgan fingerprint density at radius 1 is 1.23 bits per heavy atom. The highest BCUT2D eigenvalue weighted by molar-refractivity contribution is 4.99. The second-order valence-electron chi connectivity index (χ2n) is 4.38. The van der Waals surface area contributed by atoms with Gasteiger partial charge in [-0.1, -0.05) is 51.7 Å². The van der Waals surface area contributed by atoms with Crippen molar-refractivity contribution < 1.29 is 0 Å². The zero-order chi connectivity index (χ0) is 10.3. The quantitative estimate of drug-likeness (QED) is 0.517. The van der Waals surface area contributed by atoms with Gasteiger partial charge in [-0.15, -0.1) is 0 Å². The summed E-state index contributed by atoms with van der Waals surface area (Å²) in [6, 6.07) is 0. The van der Waals surface area contributed by atoms with Crippen molar-refractivity contribution in [3.05, 3.63) is 11.6 Å². The molecular formula is C13H26. The fourth-order valence-corrected chi connectivity index (χ4v) is 1.49. The summed E-state index contributed by atoms with van der Waals surface area (Å²) < 4.78 is 0. The van der Waals surface area contributed by atoms with Crippen LogP contribution < -0.4 is 0 Å². The lowest BCUT2D eigenvalue weighted by molar-refractivity contribution is 0.456. The van der Waals surface area contributed by atoms with Gasteiger partial charge >= 0.3 is 0 Å². The maximum atomic E-state index is 2.35. The molecule has 0 aliphatic carbocycles. The maximum Gasteiger partial charge on any atom is -0.0235 e. The molecule has 0 spiro atoms. The van der Waals surface area contributed by atoms with Crippen LogP contribution in [-0.4, -0.2) is 0 Å². The van der Waals surface area contributed by atoms with Gasteiger partial charge in [0, 0.05) is 0 Å². The van der Waals surface area contributed by atoms with Gasteiger partial charge in [-0.3, -0.25) is 0 Å². The molecule has 0 aromatic heterocycles. The fraction of sp³-hybridized carbons (Fsp3) is 0.846. The van der Waals surface area contributed by atoms with Crippen molar-refractivity contribution in [2.24, 2.45) is 11.8 Å². The summed E-state index contributed by atoms with van der Waals surface area (Å²) in [7, 11) is 0. The standard InChI is InChI=1S/C13H26/c1-6-11(3)9-8-10-13(5)12(4)7-2/h7,11,13H,6,8-10H2,1-5H3. The van der Waals surface area contributed by atoms with Crippen molar-refractivity contribution in [2.75, 3.05) is 0 Å². The number of allylic oxidation sites excluding steroid dienone is 2. The molecule has 0 amide bonds. The van der Waals surface area contributed by atoms with E-state index in [-0.39, 0.29) is 0 Å². The van der Waals surface area contributed by atoms with Crippen LogP contribution in [0.1, 0.15) is 60.3 Å². The van der Waals surface area contributed by atoms with Crippen molar-refractivity contribution in [1.82, 2.24) is 0 Å². The van der Waals surface area contributed by atoms with Crippen molar-refractivity contribution in [3.8, 4) is 0 Å². The SMILES string of the molecule is CC=C(C)C(C)CCCC(C)CC. The van der Waals surface area contributed by atoms with Gasteiger partial charge in [0.05, 0.1) is 0 Å². The van der Waals surface area contributed by atoms with Crippen LogP contribution in [0.4, 0.5) is 0 Å². The van der Waals surface area contributed by atoms with Gasteiger partial charge in [-0.05, 0) is 32.1 Å². The first kappa shape index (κ1) is 12.7. The molecule has 2 atom stereocenters. The monoisotopic (exact) mass is 182 g/mol. The van der Waals surface area contributed by atoms with Crippen molar-refractivity contribution in [1.29, 1.82) is 0 Å². The Hall–Kier alpha value is -0.260. The third kappa shape index (κ3) is 5.90. The van der Waals surface area contributed by atoms with Crippen LogP contribution in [0.25, 0.3) is 0 Å². The first-order chi connectivity index (χ1) is 6.11. The second-order valence-corrected chi connectivity index (χ2v) is 4.38. The number of rotatable bonds is 6. The van der Waals surface area contributed by atoms with E-state index < -0.39 is 0 Å². The highest BCUT2D eigenvalue weighted by Crippen LogP contribution is 2.19. The molecule has 0 aliphatic rings. The Balaban J connectivity index is 3.53. The lowest BCUT2D eigenvalue weighted by Gasteiger charge is -2.13. The molecule has 0 N–H and O–H groups in total. The average Bonchev–Trinajstić information content (AvgIpc) is 2.15. The summed E-state index contributed by atoms with van der Waals surface area (Å²) in [6.45, 7) is 11.4. The van der Waals surface area contributed by atoms with E-state index in [2.05, 4.69) is 40.7 Å². The van der Waals surface area contributed by atoms with Gasteiger partial charge in [0.15, 0.2) is 0 Å². The minimum absolute atomic E-state index is 0.786. The minimum atomic E-state index is 0.786. The Bertz CT molecular complexity index is 144. The van der Waals surface area contributed by atoms with Gasteiger partial charge in [0.1, 0.15) is 0 Å². The Kier molecular flexibility index (Phi) is 7.03. The van der Waals surface area contributed by atoms with Gasteiger partial charge in [0.25, 0.3) is 0 Å². The highest BCUT2D eigenvalue weighted by atomic mass is 14.1. The summed E-state index contributed by atoms with van der Waals surface area (Å²) in [5, 5.41) is 0. The molecule has 0 heteroatoms.